The van der Waals surface area contributed by atoms with Crippen molar-refractivity contribution in [1.29, 1.82) is 0 Å². The van der Waals surface area contributed by atoms with Crippen molar-refractivity contribution in [1.82, 2.24) is 0 Å². The molecule has 2 aromatic rings. The van der Waals surface area contributed by atoms with Crippen molar-refractivity contribution >= 4 is 33.5 Å². The zero-order chi connectivity index (χ0) is 14.5. The fraction of sp³-hybridized carbons (Fsp3) is 0.133. The Kier molecular flexibility index (Phi) is 5.09. The minimum Gasteiger partial charge on any atom is -0.409 e. The molecule has 0 aliphatic rings. The maximum absolute atomic E-state index is 8.68. The number of benzene rings is 2. The smallest absolute Gasteiger partial charge is 0.170 e. The second-order valence-corrected chi connectivity index (χ2v) is 6.34. The molecule has 104 valence electrons. The summed E-state index contributed by atoms with van der Waals surface area (Å²) in [5, 5.41) is 11.7. The average Bonchev–Trinajstić information content (AvgIpc) is 2.45. The molecule has 5 heteroatoms. The van der Waals surface area contributed by atoms with Crippen LogP contribution in [0.2, 0.25) is 0 Å². The summed E-state index contributed by atoms with van der Waals surface area (Å²) in [5.74, 6) is 1.03. The third kappa shape index (κ3) is 3.77. The van der Waals surface area contributed by atoms with Crippen LogP contribution in [0, 0.1) is 6.92 Å². The Morgan fingerprint density at radius 3 is 2.75 bits per heavy atom. The molecular weight excluding hydrogens is 336 g/mol. The molecule has 0 heterocycles. The second kappa shape index (κ2) is 6.81. The van der Waals surface area contributed by atoms with Gasteiger partial charge in [0.25, 0.3) is 0 Å². The van der Waals surface area contributed by atoms with Crippen LogP contribution in [-0.4, -0.2) is 11.0 Å². The van der Waals surface area contributed by atoms with E-state index in [-0.39, 0.29) is 5.84 Å². The molecule has 0 aliphatic heterocycles. The summed E-state index contributed by atoms with van der Waals surface area (Å²) in [4.78, 5) is 1.22. The first-order valence-electron chi connectivity index (χ1n) is 6.06. The molecule has 0 bridgehead atoms. The minimum atomic E-state index is 0.138. The van der Waals surface area contributed by atoms with Crippen molar-refractivity contribution in [3.63, 3.8) is 0 Å². The Morgan fingerprint density at radius 2 is 2.10 bits per heavy atom. The van der Waals surface area contributed by atoms with Crippen molar-refractivity contribution in [2.24, 2.45) is 10.9 Å². The Balaban J connectivity index is 2.11. The van der Waals surface area contributed by atoms with E-state index in [2.05, 4.69) is 33.2 Å². The molecular formula is C15H15BrN2OS. The highest BCUT2D eigenvalue weighted by Gasteiger charge is 2.04. The largest absolute Gasteiger partial charge is 0.409 e. The van der Waals surface area contributed by atoms with Crippen LogP contribution in [0.3, 0.4) is 0 Å². The van der Waals surface area contributed by atoms with Gasteiger partial charge in [0, 0.05) is 20.7 Å². The fourth-order valence-electron chi connectivity index (χ4n) is 1.79. The maximum Gasteiger partial charge on any atom is 0.170 e. The summed E-state index contributed by atoms with van der Waals surface area (Å²) in [6, 6.07) is 14.1. The van der Waals surface area contributed by atoms with Gasteiger partial charge in [-0.25, -0.2) is 0 Å². The first-order valence-corrected chi connectivity index (χ1v) is 7.84. The third-order valence-electron chi connectivity index (χ3n) is 2.94. The number of oxime groups is 1. The highest BCUT2D eigenvalue weighted by molar-refractivity contribution is 9.10. The van der Waals surface area contributed by atoms with Crippen molar-refractivity contribution < 1.29 is 5.21 Å². The number of halogens is 1. The number of aryl methyl sites for hydroxylation is 1. The van der Waals surface area contributed by atoms with E-state index in [0.717, 1.165) is 21.4 Å². The Labute approximate surface area is 131 Å². The normalized spacial score (nSPS) is 11.6. The van der Waals surface area contributed by atoms with E-state index < -0.39 is 0 Å². The minimum absolute atomic E-state index is 0.138. The van der Waals surface area contributed by atoms with Gasteiger partial charge in [-0.05, 0) is 42.3 Å². The number of amidine groups is 1. The fourth-order valence-corrected chi connectivity index (χ4v) is 3.37. The van der Waals surface area contributed by atoms with Crippen LogP contribution in [0.5, 0.6) is 0 Å². The lowest BCUT2D eigenvalue weighted by atomic mass is 10.1. The molecule has 0 aliphatic carbocycles. The Morgan fingerprint density at radius 1 is 1.30 bits per heavy atom. The maximum atomic E-state index is 8.68. The number of nitrogens with zero attached hydrogens (tertiary/aromatic N) is 1. The average molecular weight is 351 g/mol. The SMILES string of the molecule is Cc1cc(/C(N)=N/O)ccc1CSc1cccc(Br)c1. The molecule has 3 nitrogen and oxygen atoms in total. The molecule has 0 saturated heterocycles. The summed E-state index contributed by atoms with van der Waals surface area (Å²) in [5.41, 5.74) is 8.70. The molecule has 2 aromatic carbocycles. The van der Waals surface area contributed by atoms with Crippen LogP contribution in [0.25, 0.3) is 0 Å². The molecule has 0 unspecified atom stereocenters. The summed E-state index contributed by atoms with van der Waals surface area (Å²) in [7, 11) is 0. The van der Waals surface area contributed by atoms with Gasteiger partial charge in [-0.2, -0.15) is 0 Å². The van der Waals surface area contributed by atoms with Gasteiger partial charge in [-0.1, -0.05) is 39.3 Å². The zero-order valence-corrected chi connectivity index (χ0v) is 13.4. The lowest BCUT2D eigenvalue weighted by Gasteiger charge is -2.08. The predicted molar refractivity (Wildman–Crippen MR) is 87.4 cm³/mol. The molecule has 0 saturated carbocycles. The van der Waals surface area contributed by atoms with Gasteiger partial charge in [-0.15, -0.1) is 11.8 Å². The second-order valence-electron chi connectivity index (χ2n) is 4.37. The highest BCUT2D eigenvalue weighted by Crippen LogP contribution is 2.26. The highest BCUT2D eigenvalue weighted by atomic mass is 79.9. The van der Waals surface area contributed by atoms with Crippen molar-refractivity contribution in [2.45, 2.75) is 17.6 Å². The summed E-state index contributed by atoms with van der Waals surface area (Å²) in [6.07, 6.45) is 0. The van der Waals surface area contributed by atoms with Gasteiger partial charge in [-0.3, -0.25) is 0 Å². The quantitative estimate of drug-likeness (QED) is 0.286. The predicted octanol–water partition coefficient (Wildman–Crippen LogP) is 4.14. The lowest BCUT2D eigenvalue weighted by Crippen LogP contribution is -2.13. The van der Waals surface area contributed by atoms with Crippen LogP contribution in [0.4, 0.5) is 0 Å². The summed E-state index contributed by atoms with van der Waals surface area (Å²) < 4.78 is 1.08. The van der Waals surface area contributed by atoms with Crippen LogP contribution < -0.4 is 5.73 Å². The number of thioether (sulfide) groups is 1. The number of hydrogen-bond donors (Lipinski definition) is 2. The molecule has 0 fully saturated rings. The van der Waals surface area contributed by atoms with Gasteiger partial charge >= 0.3 is 0 Å². The van der Waals surface area contributed by atoms with Gasteiger partial charge in [0.1, 0.15) is 0 Å². The summed E-state index contributed by atoms with van der Waals surface area (Å²) in [6.45, 7) is 2.03. The number of rotatable bonds is 4. The van der Waals surface area contributed by atoms with Crippen LogP contribution >= 0.6 is 27.7 Å². The van der Waals surface area contributed by atoms with Gasteiger partial charge < -0.3 is 10.9 Å². The molecule has 0 aromatic heterocycles. The number of nitrogens with two attached hydrogens (primary N) is 1. The Bertz CT molecular complexity index is 644. The standard InChI is InChI=1S/C15H15BrN2OS/c1-10-7-11(15(17)18-19)5-6-12(10)9-20-14-4-2-3-13(16)8-14/h2-8,19H,9H2,1H3,(H2,17,18). The molecule has 0 radical (unpaired) electrons. The van der Waals surface area contributed by atoms with Crippen molar-refractivity contribution in [3.8, 4) is 0 Å². The first kappa shape index (κ1) is 14.9. The van der Waals surface area contributed by atoms with E-state index in [9.17, 15) is 0 Å². The molecule has 20 heavy (non-hydrogen) atoms. The van der Waals surface area contributed by atoms with Gasteiger partial charge in [0.2, 0.25) is 0 Å². The Hall–Kier alpha value is -1.46. The molecule has 3 N–H and O–H groups in total. The van der Waals surface area contributed by atoms with Crippen LogP contribution in [-0.2, 0) is 5.75 Å². The molecule has 2 rings (SSSR count). The first-order chi connectivity index (χ1) is 9.60. The van der Waals surface area contributed by atoms with E-state index in [4.69, 9.17) is 10.9 Å². The van der Waals surface area contributed by atoms with Gasteiger partial charge in [0.05, 0.1) is 0 Å². The van der Waals surface area contributed by atoms with E-state index >= 15 is 0 Å². The monoisotopic (exact) mass is 350 g/mol. The number of hydrogen-bond acceptors (Lipinski definition) is 3. The van der Waals surface area contributed by atoms with E-state index in [1.165, 1.54) is 10.5 Å². The zero-order valence-electron chi connectivity index (χ0n) is 11.0. The van der Waals surface area contributed by atoms with E-state index in [1.807, 2.05) is 37.3 Å². The molecule has 0 atom stereocenters. The van der Waals surface area contributed by atoms with Gasteiger partial charge in [0.15, 0.2) is 5.84 Å². The summed E-state index contributed by atoms with van der Waals surface area (Å²) >= 11 is 5.25. The van der Waals surface area contributed by atoms with Crippen molar-refractivity contribution in [3.05, 3.63) is 63.6 Å². The lowest BCUT2D eigenvalue weighted by molar-refractivity contribution is 0.318. The topological polar surface area (TPSA) is 58.6 Å². The van der Waals surface area contributed by atoms with Crippen LogP contribution in [0.1, 0.15) is 16.7 Å². The van der Waals surface area contributed by atoms with E-state index in [0.29, 0.717) is 0 Å². The molecule has 0 spiro atoms. The van der Waals surface area contributed by atoms with E-state index in [1.54, 1.807) is 11.8 Å². The molecule has 0 amide bonds. The van der Waals surface area contributed by atoms with Crippen molar-refractivity contribution in [2.75, 3.05) is 0 Å². The van der Waals surface area contributed by atoms with Crippen LogP contribution in [0.15, 0.2) is 57.0 Å². The third-order valence-corrected chi connectivity index (χ3v) is 4.47.